The monoisotopic (exact) mass is 410 g/mol. The van der Waals surface area contributed by atoms with E-state index in [0.717, 1.165) is 58.2 Å². The maximum Gasteiger partial charge on any atom is 0.573 e. The summed E-state index contributed by atoms with van der Waals surface area (Å²) in [5.74, 6) is -0.00297. The highest BCUT2D eigenvalue weighted by molar-refractivity contribution is 6.00. The zero-order chi connectivity index (χ0) is 21.3. The number of phenols is 1. The molecule has 0 saturated carbocycles. The number of aromatic hydroxyl groups is 1. The number of phenolic OH excluding ortho intramolecular Hbond substituents is 1. The van der Waals surface area contributed by atoms with Gasteiger partial charge in [0.15, 0.2) is 0 Å². The third-order valence-electron chi connectivity index (χ3n) is 5.31. The summed E-state index contributed by atoms with van der Waals surface area (Å²) in [6.07, 6.45) is -2.24. The summed E-state index contributed by atoms with van der Waals surface area (Å²) in [7, 11) is 0. The van der Waals surface area contributed by atoms with Gasteiger partial charge in [0.25, 0.3) is 0 Å². The Morgan fingerprint density at radius 3 is 2.17 bits per heavy atom. The minimum Gasteiger partial charge on any atom is -0.508 e. The van der Waals surface area contributed by atoms with E-state index in [2.05, 4.69) is 16.9 Å². The molecule has 0 fully saturated rings. The van der Waals surface area contributed by atoms with Gasteiger partial charge in [-0.1, -0.05) is 48.0 Å². The highest BCUT2D eigenvalue weighted by Crippen LogP contribution is 2.41. The van der Waals surface area contributed by atoms with Crippen molar-refractivity contribution in [1.29, 1.82) is 0 Å². The number of benzene rings is 3. The first-order valence-corrected chi connectivity index (χ1v) is 9.79. The van der Waals surface area contributed by atoms with E-state index in [0.29, 0.717) is 0 Å². The average molecular weight is 410 g/mol. The molecule has 1 aliphatic rings. The standard InChI is InChI=1S/C25H21F3O2/c1-16-5-7-18(8-6-16)24-22(4-2-3-19-15-20(29)11-14-23(19)24)17-9-12-21(13-10-17)30-25(26,27)28/h5-15,29H,2-4H2,1H3. The lowest BCUT2D eigenvalue weighted by molar-refractivity contribution is -0.274. The van der Waals surface area contributed by atoms with E-state index in [9.17, 15) is 18.3 Å². The molecule has 0 spiro atoms. The molecule has 0 amide bonds. The van der Waals surface area contributed by atoms with Crippen LogP contribution in [0.4, 0.5) is 13.2 Å². The van der Waals surface area contributed by atoms with E-state index in [-0.39, 0.29) is 11.5 Å². The molecule has 4 rings (SSSR count). The van der Waals surface area contributed by atoms with Crippen molar-refractivity contribution in [2.45, 2.75) is 32.5 Å². The van der Waals surface area contributed by atoms with Crippen LogP contribution < -0.4 is 4.74 Å². The van der Waals surface area contributed by atoms with E-state index < -0.39 is 6.36 Å². The van der Waals surface area contributed by atoms with Gasteiger partial charge < -0.3 is 9.84 Å². The van der Waals surface area contributed by atoms with Gasteiger partial charge in [0, 0.05) is 0 Å². The Morgan fingerprint density at radius 2 is 1.50 bits per heavy atom. The minimum absolute atomic E-state index is 0.231. The molecule has 30 heavy (non-hydrogen) atoms. The van der Waals surface area contributed by atoms with E-state index in [4.69, 9.17) is 0 Å². The second-order valence-corrected chi connectivity index (χ2v) is 7.49. The van der Waals surface area contributed by atoms with Crippen molar-refractivity contribution in [2.75, 3.05) is 0 Å². The molecule has 0 aromatic heterocycles. The molecule has 0 bridgehead atoms. The van der Waals surface area contributed by atoms with Crippen molar-refractivity contribution in [3.63, 3.8) is 0 Å². The maximum atomic E-state index is 12.5. The SMILES string of the molecule is Cc1ccc(C2=C(c3ccc(OC(F)(F)F)cc3)CCCc3cc(O)ccc32)cc1. The number of aryl methyl sites for hydroxylation is 2. The zero-order valence-electron chi connectivity index (χ0n) is 16.5. The number of hydrogen-bond donors (Lipinski definition) is 1. The fraction of sp³-hybridized carbons (Fsp3) is 0.200. The Balaban J connectivity index is 1.87. The lowest BCUT2D eigenvalue weighted by Gasteiger charge is -2.17. The largest absolute Gasteiger partial charge is 0.573 e. The molecule has 0 atom stereocenters. The summed E-state index contributed by atoms with van der Waals surface area (Å²) in [6.45, 7) is 2.03. The molecule has 154 valence electrons. The summed E-state index contributed by atoms with van der Waals surface area (Å²) < 4.78 is 41.6. The van der Waals surface area contributed by atoms with Crippen molar-refractivity contribution in [2.24, 2.45) is 0 Å². The Hall–Kier alpha value is -3.21. The number of alkyl halides is 3. The van der Waals surface area contributed by atoms with Gasteiger partial charge in [-0.3, -0.25) is 0 Å². The van der Waals surface area contributed by atoms with Crippen molar-refractivity contribution >= 4 is 11.1 Å². The number of allylic oxidation sites excluding steroid dienone is 1. The van der Waals surface area contributed by atoms with Gasteiger partial charge in [0.2, 0.25) is 0 Å². The number of rotatable bonds is 3. The minimum atomic E-state index is -4.71. The summed E-state index contributed by atoms with van der Waals surface area (Å²) in [6, 6.07) is 19.7. The lowest BCUT2D eigenvalue weighted by atomic mass is 9.87. The lowest BCUT2D eigenvalue weighted by Crippen LogP contribution is -2.17. The van der Waals surface area contributed by atoms with Crippen LogP contribution in [0.3, 0.4) is 0 Å². The van der Waals surface area contributed by atoms with Crippen molar-refractivity contribution in [1.82, 2.24) is 0 Å². The van der Waals surface area contributed by atoms with Gasteiger partial charge in [0.05, 0.1) is 0 Å². The fourth-order valence-electron chi connectivity index (χ4n) is 3.97. The van der Waals surface area contributed by atoms with Crippen LogP contribution in [0.15, 0.2) is 66.7 Å². The summed E-state index contributed by atoms with van der Waals surface area (Å²) >= 11 is 0. The van der Waals surface area contributed by atoms with Gasteiger partial charge in [-0.15, -0.1) is 13.2 Å². The molecular weight excluding hydrogens is 389 g/mol. The van der Waals surface area contributed by atoms with Crippen LogP contribution in [0.25, 0.3) is 11.1 Å². The molecule has 0 radical (unpaired) electrons. The molecule has 3 aromatic rings. The van der Waals surface area contributed by atoms with Crippen molar-refractivity contribution in [3.05, 3.63) is 94.5 Å². The number of hydrogen-bond acceptors (Lipinski definition) is 2. The summed E-state index contributed by atoms with van der Waals surface area (Å²) in [5.41, 5.74) is 7.28. The Bertz CT molecular complexity index is 1080. The first-order chi connectivity index (χ1) is 14.3. The normalized spacial score (nSPS) is 14.3. The molecule has 1 aliphatic carbocycles. The predicted octanol–water partition coefficient (Wildman–Crippen LogP) is 6.89. The highest BCUT2D eigenvalue weighted by atomic mass is 19.4. The maximum absolute atomic E-state index is 12.5. The van der Waals surface area contributed by atoms with E-state index in [1.807, 2.05) is 25.1 Å². The van der Waals surface area contributed by atoms with E-state index in [1.54, 1.807) is 24.3 Å². The van der Waals surface area contributed by atoms with Gasteiger partial charge in [-0.25, -0.2) is 0 Å². The number of fused-ring (bicyclic) bond motifs is 1. The van der Waals surface area contributed by atoms with Crippen LogP contribution in [0.2, 0.25) is 0 Å². The van der Waals surface area contributed by atoms with Crippen LogP contribution in [-0.4, -0.2) is 11.5 Å². The van der Waals surface area contributed by atoms with Gasteiger partial charge in [0.1, 0.15) is 11.5 Å². The van der Waals surface area contributed by atoms with Crippen molar-refractivity contribution in [3.8, 4) is 11.5 Å². The molecule has 0 aliphatic heterocycles. The molecule has 5 heteroatoms. The fourth-order valence-corrected chi connectivity index (χ4v) is 3.97. The molecule has 0 heterocycles. The number of halogens is 3. The third-order valence-corrected chi connectivity index (χ3v) is 5.31. The van der Waals surface area contributed by atoms with Crippen LogP contribution in [-0.2, 0) is 6.42 Å². The Labute approximate surface area is 173 Å². The van der Waals surface area contributed by atoms with Gasteiger partial charge in [-0.05, 0) is 83.9 Å². The smallest absolute Gasteiger partial charge is 0.508 e. The summed E-state index contributed by atoms with van der Waals surface area (Å²) in [5, 5.41) is 9.96. The van der Waals surface area contributed by atoms with Gasteiger partial charge >= 0.3 is 6.36 Å². The van der Waals surface area contributed by atoms with Crippen LogP contribution >= 0.6 is 0 Å². The van der Waals surface area contributed by atoms with Crippen molar-refractivity contribution < 1.29 is 23.0 Å². The Morgan fingerprint density at radius 1 is 0.833 bits per heavy atom. The molecular formula is C25H21F3O2. The van der Waals surface area contributed by atoms with E-state index in [1.165, 1.54) is 12.1 Å². The second-order valence-electron chi connectivity index (χ2n) is 7.49. The highest BCUT2D eigenvalue weighted by Gasteiger charge is 2.31. The predicted molar refractivity (Wildman–Crippen MR) is 111 cm³/mol. The van der Waals surface area contributed by atoms with Crippen LogP contribution in [0, 0.1) is 6.92 Å². The average Bonchev–Trinajstić information content (AvgIpc) is 2.87. The first kappa shape index (κ1) is 20.1. The first-order valence-electron chi connectivity index (χ1n) is 9.79. The molecule has 3 aromatic carbocycles. The van der Waals surface area contributed by atoms with Gasteiger partial charge in [-0.2, -0.15) is 0 Å². The molecule has 0 saturated heterocycles. The molecule has 2 nitrogen and oxygen atoms in total. The molecule has 1 N–H and O–H groups in total. The zero-order valence-corrected chi connectivity index (χ0v) is 16.5. The Kier molecular flexibility index (Phi) is 5.29. The number of ether oxygens (including phenoxy) is 1. The van der Waals surface area contributed by atoms with E-state index >= 15 is 0 Å². The molecule has 0 unspecified atom stereocenters. The quantitative estimate of drug-likeness (QED) is 0.509. The summed E-state index contributed by atoms with van der Waals surface area (Å²) in [4.78, 5) is 0. The van der Waals surface area contributed by atoms with Crippen LogP contribution in [0.5, 0.6) is 11.5 Å². The second kappa shape index (κ2) is 7.90. The topological polar surface area (TPSA) is 29.5 Å². The van der Waals surface area contributed by atoms with Crippen LogP contribution in [0.1, 0.15) is 40.7 Å². The third kappa shape index (κ3) is 4.35.